The fourth-order valence-electron chi connectivity index (χ4n) is 3.61. The number of rotatable bonds is 7. The van der Waals surface area contributed by atoms with Crippen molar-refractivity contribution in [2.75, 3.05) is 0 Å². The van der Waals surface area contributed by atoms with Crippen LogP contribution in [0.2, 0.25) is 0 Å². The van der Waals surface area contributed by atoms with Crippen molar-refractivity contribution in [3.63, 3.8) is 0 Å². The van der Waals surface area contributed by atoms with E-state index in [0.717, 1.165) is 46.6 Å². The Morgan fingerprint density at radius 3 is 1.71 bits per heavy atom. The Balaban J connectivity index is 2.73. The number of hydrogen-bond donors (Lipinski definition) is 1. The molecule has 0 radical (unpaired) electrons. The second-order valence-corrected chi connectivity index (χ2v) is 10.7. The molecule has 2 atom stereocenters. The number of benzene rings is 2. The molecule has 0 aliphatic heterocycles. The van der Waals surface area contributed by atoms with E-state index in [1.165, 1.54) is 0 Å². The van der Waals surface area contributed by atoms with Crippen molar-refractivity contribution in [3.05, 3.63) is 41.5 Å². The summed E-state index contributed by atoms with van der Waals surface area (Å²) in [6, 6.07) is 10.1. The molecule has 2 rings (SSSR count). The molecule has 2 unspecified atom stereocenters. The number of phenols is 1. The van der Waals surface area contributed by atoms with E-state index in [4.69, 9.17) is 9.47 Å². The first-order chi connectivity index (χ1) is 14.3. The summed E-state index contributed by atoms with van der Waals surface area (Å²) in [4.78, 5) is 0. The molecule has 0 saturated heterocycles. The first-order valence-corrected chi connectivity index (χ1v) is 11.6. The molecule has 172 valence electrons. The van der Waals surface area contributed by atoms with Gasteiger partial charge < -0.3 is 14.6 Å². The summed E-state index contributed by atoms with van der Waals surface area (Å²) >= 11 is 0. The summed E-state index contributed by atoms with van der Waals surface area (Å²) in [5.41, 5.74) is 3.88. The van der Waals surface area contributed by atoms with Gasteiger partial charge in [0, 0.05) is 11.6 Å². The van der Waals surface area contributed by atoms with Gasteiger partial charge in [-0.25, -0.2) is 0 Å². The SMILES string of the molecule is CCC(C)Oc1ccc(-c2c(O)cc(OC(C)CC)cc2C(C)(C)C)c(C(C)(C)C)c1. The van der Waals surface area contributed by atoms with Gasteiger partial charge in [0.2, 0.25) is 0 Å². The van der Waals surface area contributed by atoms with E-state index in [1.54, 1.807) is 6.07 Å². The van der Waals surface area contributed by atoms with Crippen molar-refractivity contribution in [2.45, 2.75) is 105 Å². The Morgan fingerprint density at radius 1 is 0.742 bits per heavy atom. The molecule has 0 spiro atoms. The van der Waals surface area contributed by atoms with Gasteiger partial charge in [-0.15, -0.1) is 0 Å². The summed E-state index contributed by atoms with van der Waals surface area (Å²) in [5.74, 6) is 1.85. The molecule has 1 N–H and O–H groups in total. The fraction of sp³-hybridized carbons (Fsp3) is 0.571. The van der Waals surface area contributed by atoms with Gasteiger partial charge in [0.1, 0.15) is 17.2 Å². The zero-order valence-corrected chi connectivity index (χ0v) is 21.2. The highest BCUT2D eigenvalue weighted by Crippen LogP contribution is 2.46. The minimum Gasteiger partial charge on any atom is -0.507 e. The smallest absolute Gasteiger partial charge is 0.127 e. The standard InChI is InChI=1S/C28H42O3/c1-11-18(3)30-20-13-14-22(23(15-20)27(5,6)7)26-24(28(8,9)10)16-21(17-25(26)29)31-19(4)12-2/h13-19,29H,11-12H2,1-10H3. The fourth-order valence-corrected chi connectivity index (χ4v) is 3.61. The van der Waals surface area contributed by atoms with Crippen LogP contribution in [0.1, 0.15) is 93.2 Å². The molecule has 2 aromatic carbocycles. The van der Waals surface area contributed by atoms with Crippen LogP contribution in [0, 0.1) is 0 Å². The molecular weight excluding hydrogens is 384 g/mol. The van der Waals surface area contributed by atoms with Crippen molar-refractivity contribution in [3.8, 4) is 28.4 Å². The third-order valence-electron chi connectivity index (χ3n) is 5.79. The molecular formula is C28H42O3. The largest absolute Gasteiger partial charge is 0.507 e. The predicted octanol–water partition coefficient (Wildman–Crippen LogP) is 8.01. The zero-order valence-electron chi connectivity index (χ0n) is 21.2. The first-order valence-electron chi connectivity index (χ1n) is 11.6. The third-order valence-corrected chi connectivity index (χ3v) is 5.79. The zero-order chi connectivity index (χ0) is 23.6. The van der Waals surface area contributed by atoms with E-state index in [0.29, 0.717) is 0 Å². The lowest BCUT2D eigenvalue weighted by atomic mass is 9.76. The molecule has 31 heavy (non-hydrogen) atoms. The van der Waals surface area contributed by atoms with Gasteiger partial charge in [-0.1, -0.05) is 61.5 Å². The average Bonchev–Trinajstić information content (AvgIpc) is 2.66. The molecule has 0 aliphatic rings. The lowest BCUT2D eigenvalue weighted by Gasteiger charge is -2.30. The number of hydrogen-bond acceptors (Lipinski definition) is 3. The normalized spacial score (nSPS) is 14.3. The van der Waals surface area contributed by atoms with Crippen LogP contribution in [0.15, 0.2) is 30.3 Å². The maximum Gasteiger partial charge on any atom is 0.127 e. The summed E-state index contributed by atoms with van der Waals surface area (Å²) < 4.78 is 12.2. The van der Waals surface area contributed by atoms with Gasteiger partial charge in [-0.05, 0) is 72.4 Å². The van der Waals surface area contributed by atoms with E-state index in [1.807, 2.05) is 6.07 Å². The van der Waals surface area contributed by atoms with E-state index in [-0.39, 0.29) is 28.8 Å². The van der Waals surface area contributed by atoms with E-state index in [2.05, 4.69) is 87.4 Å². The van der Waals surface area contributed by atoms with Crippen LogP contribution in [-0.2, 0) is 10.8 Å². The van der Waals surface area contributed by atoms with Crippen molar-refractivity contribution < 1.29 is 14.6 Å². The molecule has 0 amide bonds. The Bertz CT molecular complexity index is 884. The van der Waals surface area contributed by atoms with Crippen LogP contribution in [-0.4, -0.2) is 17.3 Å². The summed E-state index contributed by atoms with van der Waals surface area (Å²) in [5, 5.41) is 11.2. The first kappa shape index (κ1) is 25.1. The van der Waals surface area contributed by atoms with Crippen molar-refractivity contribution in [1.29, 1.82) is 0 Å². The Hall–Kier alpha value is -2.16. The van der Waals surface area contributed by atoms with Crippen molar-refractivity contribution in [1.82, 2.24) is 0 Å². The summed E-state index contributed by atoms with van der Waals surface area (Å²) in [7, 11) is 0. The molecule has 0 bridgehead atoms. The van der Waals surface area contributed by atoms with E-state index in [9.17, 15) is 5.11 Å². The van der Waals surface area contributed by atoms with Crippen LogP contribution in [0.3, 0.4) is 0 Å². The Morgan fingerprint density at radius 2 is 1.23 bits per heavy atom. The molecule has 0 aliphatic carbocycles. The van der Waals surface area contributed by atoms with Crippen molar-refractivity contribution >= 4 is 0 Å². The summed E-state index contributed by atoms with van der Waals surface area (Å²) in [6.07, 6.45) is 2.13. The molecule has 0 heterocycles. The maximum absolute atomic E-state index is 11.2. The Labute approximate surface area is 189 Å². The molecule has 0 saturated carbocycles. The molecule has 2 aromatic rings. The van der Waals surface area contributed by atoms with Crippen LogP contribution in [0.4, 0.5) is 0 Å². The monoisotopic (exact) mass is 426 g/mol. The number of phenolic OH excluding ortho intramolecular Hbond substituents is 1. The van der Waals surface area contributed by atoms with Gasteiger partial charge in [-0.3, -0.25) is 0 Å². The second kappa shape index (κ2) is 9.54. The highest BCUT2D eigenvalue weighted by atomic mass is 16.5. The molecule has 3 heteroatoms. The van der Waals surface area contributed by atoms with Crippen LogP contribution >= 0.6 is 0 Å². The summed E-state index contributed by atoms with van der Waals surface area (Å²) in [6.45, 7) is 21.5. The van der Waals surface area contributed by atoms with E-state index < -0.39 is 0 Å². The van der Waals surface area contributed by atoms with Gasteiger partial charge in [0.15, 0.2) is 0 Å². The van der Waals surface area contributed by atoms with Gasteiger partial charge in [0.25, 0.3) is 0 Å². The number of ether oxygens (including phenoxy) is 2. The predicted molar refractivity (Wildman–Crippen MR) is 132 cm³/mol. The number of aromatic hydroxyl groups is 1. The highest BCUT2D eigenvalue weighted by Gasteiger charge is 2.28. The maximum atomic E-state index is 11.2. The highest BCUT2D eigenvalue weighted by molar-refractivity contribution is 5.80. The molecule has 0 fully saturated rings. The van der Waals surface area contributed by atoms with Crippen LogP contribution in [0.5, 0.6) is 17.2 Å². The quantitative estimate of drug-likeness (QED) is 0.487. The minimum absolute atomic E-state index is 0.0974. The Kier molecular flexibility index (Phi) is 7.73. The van der Waals surface area contributed by atoms with Gasteiger partial charge in [0.05, 0.1) is 12.2 Å². The topological polar surface area (TPSA) is 38.7 Å². The van der Waals surface area contributed by atoms with Crippen LogP contribution in [0.25, 0.3) is 11.1 Å². The molecule has 3 nitrogen and oxygen atoms in total. The van der Waals surface area contributed by atoms with Gasteiger partial charge >= 0.3 is 0 Å². The van der Waals surface area contributed by atoms with Gasteiger partial charge in [-0.2, -0.15) is 0 Å². The lowest BCUT2D eigenvalue weighted by molar-refractivity contribution is 0.216. The minimum atomic E-state index is -0.164. The third kappa shape index (κ3) is 6.18. The second-order valence-electron chi connectivity index (χ2n) is 10.7. The lowest BCUT2D eigenvalue weighted by Crippen LogP contribution is -2.18. The molecule has 0 aromatic heterocycles. The average molecular weight is 427 g/mol. The van der Waals surface area contributed by atoms with Crippen molar-refractivity contribution in [2.24, 2.45) is 0 Å². The van der Waals surface area contributed by atoms with E-state index >= 15 is 0 Å². The van der Waals surface area contributed by atoms with Crippen LogP contribution < -0.4 is 9.47 Å².